The van der Waals surface area contributed by atoms with Crippen LogP contribution in [0.4, 0.5) is 26.3 Å². The summed E-state index contributed by atoms with van der Waals surface area (Å²) in [4.78, 5) is 11.4. The van der Waals surface area contributed by atoms with E-state index in [0.717, 1.165) is 0 Å². The van der Waals surface area contributed by atoms with Gasteiger partial charge in [-0.25, -0.2) is 0 Å². The van der Waals surface area contributed by atoms with Crippen molar-refractivity contribution in [2.45, 2.75) is 18.9 Å². The number of hydrogen-bond acceptors (Lipinski definition) is 4. The van der Waals surface area contributed by atoms with Crippen molar-refractivity contribution in [3.8, 4) is 11.5 Å². The smallest absolute Gasteiger partial charge is 0.422 e. The van der Waals surface area contributed by atoms with Gasteiger partial charge in [0, 0.05) is 6.54 Å². The molecule has 0 aliphatic carbocycles. The maximum absolute atomic E-state index is 12.1. The van der Waals surface area contributed by atoms with E-state index in [2.05, 4.69) is 14.8 Å². The van der Waals surface area contributed by atoms with Crippen molar-refractivity contribution in [2.75, 3.05) is 26.9 Å². The number of hydrogen-bond donors (Lipinski definition) is 1. The molecule has 0 aliphatic heterocycles. The van der Waals surface area contributed by atoms with Gasteiger partial charge in [0.1, 0.15) is 13.2 Å². The molecule has 142 valence electrons. The number of nitrogens with one attached hydrogen (secondary N) is 1. The molecule has 1 amide bonds. The maximum Gasteiger partial charge on any atom is 0.422 e. The van der Waals surface area contributed by atoms with Gasteiger partial charge >= 0.3 is 12.4 Å². The van der Waals surface area contributed by atoms with Crippen LogP contribution in [0.5, 0.6) is 11.5 Å². The molecule has 5 nitrogen and oxygen atoms in total. The van der Waals surface area contributed by atoms with Gasteiger partial charge in [-0.2, -0.15) is 26.3 Å². The fourth-order valence-electron chi connectivity index (χ4n) is 1.61. The van der Waals surface area contributed by atoms with Crippen molar-refractivity contribution in [3.63, 3.8) is 0 Å². The van der Waals surface area contributed by atoms with E-state index in [1.165, 1.54) is 25.3 Å². The van der Waals surface area contributed by atoms with Crippen LogP contribution in [-0.2, 0) is 16.1 Å². The number of halogens is 6. The zero-order chi connectivity index (χ0) is 19.1. The lowest BCUT2D eigenvalue weighted by Crippen LogP contribution is -2.29. The molecule has 0 aromatic heterocycles. The Bertz CT molecular complexity index is 573. The van der Waals surface area contributed by atoms with Crippen LogP contribution in [0.25, 0.3) is 0 Å². The molecule has 0 heterocycles. The lowest BCUT2D eigenvalue weighted by Gasteiger charge is -2.14. The molecule has 0 bridgehead atoms. The zero-order valence-electron chi connectivity index (χ0n) is 13.0. The van der Waals surface area contributed by atoms with Crippen molar-refractivity contribution in [2.24, 2.45) is 0 Å². The van der Waals surface area contributed by atoms with Gasteiger partial charge in [0.15, 0.2) is 18.1 Å². The van der Waals surface area contributed by atoms with Gasteiger partial charge in [-0.05, 0) is 17.7 Å². The summed E-state index contributed by atoms with van der Waals surface area (Å²) < 4.78 is 85.7. The highest BCUT2D eigenvalue weighted by molar-refractivity contribution is 5.77. The molecule has 0 saturated carbocycles. The van der Waals surface area contributed by atoms with Crippen LogP contribution in [0.1, 0.15) is 5.56 Å². The monoisotopic (exact) mass is 375 g/mol. The summed E-state index contributed by atoms with van der Waals surface area (Å²) in [5.74, 6) is -0.895. The van der Waals surface area contributed by atoms with Crippen molar-refractivity contribution in [3.05, 3.63) is 23.8 Å². The van der Waals surface area contributed by atoms with Crippen molar-refractivity contribution in [1.29, 1.82) is 0 Å². The van der Waals surface area contributed by atoms with Gasteiger partial charge in [-0.3, -0.25) is 4.79 Å². The Morgan fingerprint density at radius 2 is 1.68 bits per heavy atom. The van der Waals surface area contributed by atoms with Crippen molar-refractivity contribution in [1.82, 2.24) is 5.32 Å². The molecule has 1 N–H and O–H groups in total. The van der Waals surface area contributed by atoms with Gasteiger partial charge in [-0.15, -0.1) is 0 Å². The second-order valence-corrected chi connectivity index (χ2v) is 4.77. The van der Waals surface area contributed by atoms with E-state index in [1.54, 1.807) is 0 Å². The zero-order valence-corrected chi connectivity index (χ0v) is 13.0. The number of carbonyl (C=O) groups excluding carboxylic acids is 1. The minimum atomic E-state index is -4.53. The molecule has 1 aromatic rings. The summed E-state index contributed by atoms with van der Waals surface area (Å²) >= 11 is 0. The van der Waals surface area contributed by atoms with Crippen LogP contribution in [0.15, 0.2) is 18.2 Å². The Kier molecular flexibility index (Phi) is 7.34. The van der Waals surface area contributed by atoms with E-state index < -0.39 is 38.1 Å². The average Bonchev–Trinajstić information content (AvgIpc) is 2.49. The molecule has 0 radical (unpaired) electrons. The molecule has 0 fully saturated rings. The first kappa shape index (κ1) is 20.9. The van der Waals surface area contributed by atoms with E-state index in [1.807, 2.05) is 0 Å². The van der Waals surface area contributed by atoms with Gasteiger partial charge < -0.3 is 19.5 Å². The highest BCUT2D eigenvalue weighted by atomic mass is 19.4. The number of alkyl halides is 6. The molecule has 0 atom stereocenters. The van der Waals surface area contributed by atoms with Gasteiger partial charge in [-0.1, -0.05) is 6.07 Å². The molecule has 1 rings (SSSR count). The lowest BCUT2D eigenvalue weighted by molar-refractivity contribution is -0.175. The maximum atomic E-state index is 12.1. The van der Waals surface area contributed by atoms with Gasteiger partial charge in [0.25, 0.3) is 0 Å². The minimum absolute atomic E-state index is 0.0179. The highest BCUT2D eigenvalue weighted by Crippen LogP contribution is 2.29. The van der Waals surface area contributed by atoms with Crippen LogP contribution >= 0.6 is 0 Å². The number of amides is 1. The predicted octanol–water partition coefficient (Wildman–Crippen LogP) is 2.83. The first-order valence-electron chi connectivity index (χ1n) is 6.78. The Morgan fingerprint density at radius 3 is 2.24 bits per heavy atom. The summed E-state index contributed by atoms with van der Waals surface area (Å²) in [5, 5.41) is 2.30. The number of carbonyl (C=O) groups is 1. The van der Waals surface area contributed by atoms with Crippen molar-refractivity contribution < 1.29 is 45.3 Å². The second kappa shape index (κ2) is 8.79. The van der Waals surface area contributed by atoms with Crippen LogP contribution in [0, 0.1) is 0 Å². The standard InChI is InChI=1S/C14H15F6NO4/c1-23-11-4-9(2-3-10(11)25-8-14(18,19)20)5-21-12(22)6-24-7-13(15,16)17/h2-4H,5-8H2,1H3,(H,21,22). The summed E-state index contributed by atoms with van der Waals surface area (Å²) in [6, 6.07) is 3.94. The average molecular weight is 375 g/mol. The summed E-state index contributed by atoms with van der Waals surface area (Å²) in [7, 11) is 1.23. The third kappa shape index (κ3) is 9.03. The van der Waals surface area contributed by atoms with Crippen LogP contribution < -0.4 is 14.8 Å². The second-order valence-electron chi connectivity index (χ2n) is 4.77. The van der Waals surface area contributed by atoms with Crippen molar-refractivity contribution >= 4 is 5.91 Å². The van der Waals surface area contributed by atoms with Crippen LogP contribution in [0.2, 0.25) is 0 Å². The topological polar surface area (TPSA) is 56.8 Å². The molecule has 25 heavy (non-hydrogen) atoms. The normalized spacial score (nSPS) is 12.0. The number of rotatable bonds is 8. The number of benzene rings is 1. The Hall–Kier alpha value is -2.17. The third-order valence-corrected chi connectivity index (χ3v) is 2.61. The molecule has 0 saturated heterocycles. The first-order chi connectivity index (χ1) is 11.5. The number of methoxy groups -OCH3 is 1. The van der Waals surface area contributed by atoms with Crippen LogP contribution in [0.3, 0.4) is 0 Å². The lowest BCUT2D eigenvalue weighted by atomic mass is 10.2. The molecule has 11 heteroatoms. The van der Waals surface area contributed by atoms with E-state index >= 15 is 0 Å². The molecule has 0 unspecified atom stereocenters. The fraction of sp³-hybridized carbons (Fsp3) is 0.500. The summed E-state index contributed by atoms with van der Waals surface area (Å²) in [5.41, 5.74) is 0.445. The van der Waals surface area contributed by atoms with Crippen LogP contribution in [-0.4, -0.2) is 45.2 Å². The van der Waals surface area contributed by atoms with E-state index in [4.69, 9.17) is 4.74 Å². The third-order valence-electron chi connectivity index (χ3n) is 2.61. The molecule has 0 spiro atoms. The van der Waals surface area contributed by atoms with Gasteiger partial charge in [0.05, 0.1) is 7.11 Å². The minimum Gasteiger partial charge on any atom is -0.493 e. The number of ether oxygens (including phenoxy) is 3. The Balaban J connectivity index is 2.52. The first-order valence-corrected chi connectivity index (χ1v) is 6.78. The Labute approximate surface area is 138 Å². The molecule has 0 aliphatic rings. The molecular weight excluding hydrogens is 360 g/mol. The quantitative estimate of drug-likeness (QED) is 0.710. The molecule has 1 aromatic carbocycles. The molecular formula is C14H15F6NO4. The largest absolute Gasteiger partial charge is 0.493 e. The Morgan fingerprint density at radius 1 is 1.04 bits per heavy atom. The van der Waals surface area contributed by atoms with E-state index in [9.17, 15) is 31.1 Å². The highest BCUT2D eigenvalue weighted by Gasteiger charge is 2.29. The summed E-state index contributed by atoms with van der Waals surface area (Å²) in [6.45, 7) is -3.89. The fourth-order valence-corrected chi connectivity index (χ4v) is 1.61. The predicted molar refractivity (Wildman–Crippen MR) is 73.3 cm³/mol. The SMILES string of the molecule is COc1cc(CNC(=O)COCC(F)(F)F)ccc1OCC(F)(F)F. The van der Waals surface area contributed by atoms with Gasteiger partial charge in [0.2, 0.25) is 5.91 Å². The van der Waals surface area contributed by atoms with E-state index in [-0.39, 0.29) is 18.0 Å². The summed E-state index contributed by atoms with van der Waals surface area (Å²) in [6.07, 6.45) is -9.03. The van der Waals surface area contributed by atoms with E-state index in [0.29, 0.717) is 5.56 Å².